The predicted octanol–water partition coefficient (Wildman–Crippen LogP) is 0.124. The van der Waals surface area contributed by atoms with E-state index in [4.69, 9.17) is 5.73 Å². The third-order valence-electron chi connectivity index (χ3n) is 3.00. The summed E-state index contributed by atoms with van der Waals surface area (Å²) in [5.41, 5.74) is 6.38. The first-order chi connectivity index (χ1) is 9.47. The molecule has 0 spiro atoms. The van der Waals surface area contributed by atoms with Crippen molar-refractivity contribution in [3.63, 3.8) is 0 Å². The SMILES string of the molecule is CCn1cc(S(=O)(=O)NC(C)c2ncn[nH]2)cc1CN. The standard InChI is InChI=1S/C11H18N6O2S/c1-3-17-6-10(4-9(17)5-12)20(18,19)16-8(2)11-13-7-14-15-11/h4,6-8,16H,3,5,12H2,1-2H3,(H,13,14,15). The average Bonchev–Trinajstić information content (AvgIpc) is 3.07. The maximum Gasteiger partial charge on any atom is 0.242 e. The highest BCUT2D eigenvalue weighted by Crippen LogP contribution is 2.17. The predicted molar refractivity (Wildman–Crippen MR) is 73.1 cm³/mol. The Morgan fingerprint density at radius 2 is 2.30 bits per heavy atom. The van der Waals surface area contributed by atoms with Gasteiger partial charge in [-0.25, -0.2) is 18.1 Å². The lowest BCUT2D eigenvalue weighted by Gasteiger charge is -2.10. The van der Waals surface area contributed by atoms with E-state index >= 15 is 0 Å². The van der Waals surface area contributed by atoms with Crippen LogP contribution >= 0.6 is 0 Å². The topological polar surface area (TPSA) is 119 Å². The average molecular weight is 298 g/mol. The van der Waals surface area contributed by atoms with E-state index < -0.39 is 16.1 Å². The summed E-state index contributed by atoms with van der Waals surface area (Å²) in [6.45, 7) is 4.58. The summed E-state index contributed by atoms with van der Waals surface area (Å²) in [7, 11) is -3.62. The molecule has 0 aliphatic rings. The van der Waals surface area contributed by atoms with Crippen molar-refractivity contribution in [2.24, 2.45) is 5.73 Å². The monoisotopic (exact) mass is 298 g/mol. The Morgan fingerprint density at radius 3 is 2.80 bits per heavy atom. The number of rotatable bonds is 6. The normalized spacial score (nSPS) is 13.6. The Bertz CT molecular complexity index is 640. The number of nitrogens with two attached hydrogens (primary N) is 1. The van der Waals surface area contributed by atoms with Crippen LogP contribution in [0.15, 0.2) is 23.5 Å². The zero-order valence-electron chi connectivity index (χ0n) is 11.4. The van der Waals surface area contributed by atoms with Gasteiger partial charge in [0.2, 0.25) is 10.0 Å². The van der Waals surface area contributed by atoms with E-state index in [0.29, 0.717) is 18.9 Å². The fraction of sp³-hybridized carbons (Fsp3) is 0.455. The van der Waals surface area contributed by atoms with E-state index in [9.17, 15) is 8.42 Å². The molecule has 0 aliphatic carbocycles. The van der Waals surface area contributed by atoms with Gasteiger partial charge in [-0.05, 0) is 19.9 Å². The second kappa shape index (κ2) is 5.73. The van der Waals surface area contributed by atoms with E-state index in [1.165, 1.54) is 6.33 Å². The van der Waals surface area contributed by atoms with Crippen LogP contribution in [-0.4, -0.2) is 28.2 Å². The summed E-state index contributed by atoms with van der Waals surface area (Å²) >= 11 is 0. The van der Waals surface area contributed by atoms with Crippen molar-refractivity contribution in [2.45, 2.75) is 37.9 Å². The van der Waals surface area contributed by atoms with Gasteiger partial charge in [-0.15, -0.1) is 0 Å². The summed E-state index contributed by atoms with van der Waals surface area (Å²) < 4.78 is 29.0. The fourth-order valence-corrected chi connectivity index (χ4v) is 3.19. The third kappa shape index (κ3) is 2.89. The van der Waals surface area contributed by atoms with Crippen LogP contribution < -0.4 is 10.5 Å². The minimum Gasteiger partial charge on any atom is -0.349 e. The maximum atomic E-state index is 12.3. The molecule has 110 valence electrons. The molecule has 1 unspecified atom stereocenters. The van der Waals surface area contributed by atoms with Crippen LogP contribution in [0, 0.1) is 0 Å². The van der Waals surface area contributed by atoms with Crippen LogP contribution in [0.2, 0.25) is 0 Å². The molecule has 4 N–H and O–H groups in total. The van der Waals surface area contributed by atoms with Gasteiger partial charge in [0, 0.05) is 25.0 Å². The number of aromatic amines is 1. The largest absolute Gasteiger partial charge is 0.349 e. The van der Waals surface area contributed by atoms with Crippen molar-refractivity contribution in [2.75, 3.05) is 0 Å². The van der Waals surface area contributed by atoms with Gasteiger partial charge in [0.15, 0.2) is 0 Å². The van der Waals surface area contributed by atoms with Gasteiger partial charge in [0.25, 0.3) is 0 Å². The first kappa shape index (κ1) is 14.7. The summed E-state index contributed by atoms with van der Waals surface area (Å²) in [6, 6.07) is 1.09. The molecule has 0 fully saturated rings. The lowest BCUT2D eigenvalue weighted by Crippen LogP contribution is -2.27. The van der Waals surface area contributed by atoms with Crippen molar-refractivity contribution >= 4 is 10.0 Å². The number of hydrogen-bond acceptors (Lipinski definition) is 5. The van der Waals surface area contributed by atoms with Crippen molar-refractivity contribution in [3.05, 3.63) is 30.1 Å². The summed E-state index contributed by atoms with van der Waals surface area (Å²) in [5, 5.41) is 6.34. The lowest BCUT2D eigenvalue weighted by molar-refractivity contribution is 0.560. The van der Waals surface area contributed by atoms with Gasteiger partial charge in [-0.1, -0.05) is 0 Å². The zero-order valence-corrected chi connectivity index (χ0v) is 12.2. The molecule has 2 aromatic rings. The Balaban J connectivity index is 2.24. The molecule has 2 heterocycles. The summed E-state index contributed by atoms with van der Waals surface area (Å²) in [6.07, 6.45) is 2.91. The van der Waals surface area contributed by atoms with E-state index in [2.05, 4.69) is 19.9 Å². The first-order valence-electron chi connectivity index (χ1n) is 6.24. The quantitative estimate of drug-likeness (QED) is 0.700. The summed E-state index contributed by atoms with van der Waals surface area (Å²) in [4.78, 5) is 4.13. The fourth-order valence-electron chi connectivity index (χ4n) is 1.92. The van der Waals surface area contributed by atoms with Crippen LogP contribution in [0.4, 0.5) is 0 Å². The van der Waals surface area contributed by atoms with Crippen LogP contribution in [0.25, 0.3) is 0 Å². The van der Waals surface area contributed by atoms with Crippen LogP contribution in [0.1, 0.15) is 31.4 Å². The Kier molecular flexibility index (Phi) is 4.21. The molecule has 0 saturated heterocycles. The van der Waals surface area contributed by atoms with Crippen molar-refractivity contribution < 1.29 is 8.42 Å². The highest BCUT2D eigenvalue weighted by molar-refractivity contribution is 7.89. The molecule has 0 aliphatic heterocycles. The molecule has 1 atom stereocenters. The number of nitrogens with zero attached hydrogens (tertiary/aromatic N) is 3. The van der Waals surface area contributed by atoms with Gasteiger partial charge in [0.05, 0.1) is 10.9 Å². The highest BCUT2D eigenvalue weighted by atomic mass is 32.2. The van der Waals surface area contributed by atoms with Gasteiger partial charge < -0.3 is 10.3 Å². The molecule has 8 nitrogen and oxygen atoms in total. The van der Waals surface area contributed by atoms with Crippen LogP contribution in [0.3, 0.4) is 0 Å². The second-order valence-corrected chi connectivity index (χ2v) is 6.08. The molecule has 0 bridgehead atoms. The maximum absolute atomic E-state index is 12.3. The van der Waals surface area contributed by atoms with Gasteiger partial charge >= 0.3 is 0 Å². The molecule has 0 radical (unpaired) electrons. The van der Waals surface area contributed by atoms with E-state index in [0.717, 1.165) is 5.69 Å². The number of aromatic nitrogens is 4. The zero-order chi connectivity index (χ0) is 14.8. The van der Waals surface area contributed by atoms with Gasteiger partial charge in [-0.2, -0.15) is 5.10 Å². The first-order valence-corrected chi connectivity index (χ1v) is 7.73. The molecular weight excluding hydrogens is 280 g/mol. The molecule has 0 saturated carbocycles. The van der Waals surface area contributed by atoms with Crippen molar-refractivity contribution in [1.82, 2.24) is 24.5 Å². The Hall–Kier alpha value is -1.71. The summed E-state index contributed by atoms with van der Waals surface area (Å²) in [5.74, 6) is 0.461. The molecule has 0 amide bonds. The van der Waals surface area contributed by atoms with Crippen LogP contribution in [-0.2, 0) is 23.1 Å². The number of aryl methyl sites for hydroxylation is 1. The van der Waals surface area contributed by atoms with Crippen molar-refractivity contribution in [1.29, 1.82) is 0 Å². The van der Waals surface area contributed by atoms with Gasteiger partial charge in [0.1, 0.15) is 12.2 Å². The molecule has 20 heavy (non-hydrogen) atoms. The molecule has 2 rings (SSSR count). The Morgan fingerprint density at radius 1 is 1.55 bits per heavy atom. The molecular formula is C11H18N6O2S. The Labute approximate surface area is 117 Å². The minimum atomic E-state index is -3.62. The third-order valence-corrected chi connectivity index (χ3v) is 4.50. The number of sulfonamides is 1. The van der Waals surface area contributed by atoms with Crippen LogP contribution in [0.5, 0.6) is 0 Å². The van der Waals surface area contributed by atoms with Crippen molar-refractivity contribution in [3.8, 4) is 0 Å². The highest BCUT2D eigenvalue weighted by Gasteiger charge is 2.22. The van der Waals surface area contributed by atoms with Gasteiger partial charge in [-0.3, -0.25) is 5.10 Å². The van der Waals surface area contributed by atoms with E-state index in [1.807, 2.05) is 11.5 Å². The van der Waals surface area contributed by atoms with E-state index in [1.54, 1.807) is 19.2 Å². The molecule has 9 heteroatoms. The number of H-pyrrole nitrogens is 1. The number of nitrogens with one attached hydrogen (secondary N) is 2. The number of hydrogen-bond donors (Lipinski definition) is 3. The smallest absolute Gasteiger partial charge is 0.242 e. The molecule has 2 aromatic heterocycles. The second-order valence-electron chi connectivity index (χ2n) is 4.37. The lowest BCUT2D eigenvalue weighted by atomic mass is 10.3. The molecule has 0 aromatic carbocycles. The minimum absolute atomic E-state index is 0.200. The van der Waals surface area contributed by atoms with E-state index in [-0.39, 0.29) is 4.90 Å².